The van der Waals surface area contributed by atoms with Crippen molar-refractivity contribution in [1.82, 2.24) is 29.9 Å². The van der Waals surface area contributed by atoms with E-state index in [4.69, 9.17) is 38.9 Å². The van der Waals surface area contributed by atoms with Gasteiger partial charge in [0.25, 0.3) is 0 Å². The molecule has 18 nitrogen and oxygen atoms in total. The van der Waals surface area contributed by atoms with Crippen LogP contribution in [0.4, 0.5) is 45.8 Å². The number of ether oxygens (including phenoxy) is 4. The molecule has 0 radical (unpaired) electrons. The second-order valence-corrected chi connectivity index (χ2v) is 18.8. The monoisotopic (exact) mass is 1010 g/mol. The number of nitrogens with one attached hydrogen (secondary N) is 2. The third-order valence-electron chi connectivity index (χ3n) is 14.2. The molecule has 2 aromatic carbocycles. The summed E-state index contributed by atoms with van der Waals surface area (Å²) in [4.78, 5) is 38.0. The van der Waals surface area contributed by atoms with E-state index < -0.39 is 0 Å². The summed E-state index contributed by atoms with van der Waals surface area (Å²) in [6.45, 7) is 15.9. The zero-order chi connectivity index (χ0) is 51.8. The first kappa shape index (κ1) is 49.7. The van der Waals surface area contributed by atoms with E-state index in [9.17, 15) is 10.5 Å². The first-order valence-corrected chi connectivity index (χ1v) is 25.8. The molecule has 4 aliphatic rings. The molecule has 4 fully saturated rings. The number of benzene rings is 2. The minimum absolute atomic E-state index is 0.524. The van der Waals surface area contributed by atoms with E-state index in [1.54, 1.807) is 24.5 Å². The smallest absolute Gasteiger partial charge is 0.152 e. The maximum atomic E-state index is 9.87. The van der Waals surface area contributed by atoms with Crippen LogP contribution < -0.4 is 30.2 Å². The predicted molar refractivity (Wildman–Crippen MR) is 296 cm³/mol. The van der Waals surface area contributed by atoms with Gasteiger partial charge in [0.15, 0.2) is 11.6 Å². The average Bonchev–Trinajstić information content (AvgIpc) is 3.50. The zero-order valence-corrected chi connectivity index (χ0v) is 42.7. The molecule has 4 saturated heterocycles. The van der Waals surface area contributed by atoms with Gasteiger partial charge < -0.3 is 49.2 Å². The number of para-hydroxylation sites is 2. The molecule has 4 aliphatic heterocycles. The zero-order valence-electron chi connectivity index (χ0n) is 42.7. The first-order chi connectivity index (χ1) is 37.4. The van der Waals surface area contributed by atoms with Crippen molar-refractivity contribution in [3.05, 3.63) is 132 Å². The fourth-order valence-corrected chi connectivity index (χ4v) is 10.2. The van der Waals surface area contributed by atoms with Gasteiger partial charge in [-0.25, -0.2) is 19.9 Å². The topological polar surface area (TPSA) is 199 Å². The summed E-state index contributed by atoms with van der Waals surface area (Å²) in [6, 6.07) is 31.9. The number of aromatic nitrogens is 6. The van der Waals surface area contributed by atoms with Crippen molar-refractivity contribution in [1.29, 1.82) is 10.5 Å². The SMILES string of the molecule is Cc1c(-c2ccccn2)nc2c(C#N)cccc2c1Nc1cc(N2CCOCC2)cnc1N1CCOCC1.Cc1c(-c2ccccn2)nc2c(C#N)cccc2c1Nc1cc(N2CCOCC2)cnc1N1CCOCC1. The summed E-state index contributed by atoms with van der Waals surface area (Å²) in [5.41, 5.74) is 12.9. The highest BCUT2D eigenvalue weighted by atomic mass is 16.5. The van der Waals surface area contributed by atoms with Crippen LogP contribution in [-0.4, -0.2) is 135 Å². The van der Waals surface area contributed by atoms with Crippen LogP contribution in [-0.2, 0) is 18.9 Å². The quantitative estimate of drug-likeness (QED) is 0.132. The maximum Gasteiger partial charge on any atom is 0.152 e. The third kappa shape index (κ3) is 10.4. The van der Waals surface area contributed by atoms with E-state index in [2.05, 4.69) is 64.5 Å². The summed E-state index contributed by atoms with van der Waals surface area (Å²) in [5, 5.41) is 29.0. The molecule has 0 spiro atoms. The molecule has 0 saturated carbocycles. The Morgan fingerprint density at radius 3 is 1.20 bits per heavy atom. The fourth-order valence-electron chi connectivity index (χ4n) is 10.2. The minimum Gasteiger partial charge on any atom is -0.378 e. The lowest BCUT2D eigenvalue weighted by atomic mass is 10.0. The van der Waals surface area contributed by atoms with Crippen molar-refractivity contribution in [3.8, 4) is 34.9 Å². The van der Waals surface area contributed by atoms with Gasteiger partial charge in [-0.15, -0.1) is 0 Å². The van der Waals surface area contributed by atoms with E-state index >= 15 is 0 Å². The number of nitriles is 2. The molecular weight excluding hydrogens is 957 g/mol. The predicted octanol–water partition coefficient (Wildman–Crippen LogP) is 8.58. The molecule has 0 unspecified atom stereocenters. The van der Waals surface area contributed by atoms with Gasteiger partial charge >= 0.3 is 0 Å². The molecule has 384 valence electrons. The van der Waals surface area contributed by atoms with Crippen molar-refractivity contribution in [2.75, 3.05) is 135 Å². The van der Waals surface area contributed by atoms with E-state index in [0.29, 0.717) is 75.0 Å². The van der Waals surface area contributed by atoms with Crippen LogP contribution >= 0.6 is 0 Å². The standard InChI is InChI=1S/2C29H29N7O2/c2*1-20-26(23-6-4-5-21(18-30)28(23)34-27(20)24-7-2-3-8-31-24)33-25-17-22(35-9-13-37-14-10-35)19-32-29(25)36-11-15-38-16-12-36/h2*2-8,17,19H,9-16H2,1H3,(H,33,34). The van der Waals surface area contributed by atoms with Crippen molar-refractivity contribution in [3.63, 3.8) is 0 Å². The lowest BCUT2D eigenvalue weighted by molar-refractivity contribution is 0.122. The number of nitrogens with zero attached hydrogens (tertiary/aromatic N) is 12. The van der Waals surface area contributed by atoms with E-state index in [1.807, 2.05) is 86.9 Å². The van der Waals surface area contributed by atoms with Gasteiger partial charge in [-0.1, -0.05) is 36.4 Å². The first-order valence-electron chi connectivity index (χ1n) is 25.8. The Hall–Kier alpha value is -8.52. The highest BCUT2D eigenvalue weighted by Crippen LogP contribution is 2.41. The Balaban J connectivity index is 0.000000162. The Morgan fingerprint density at radius 2 is 0.842 bits per heavy atom. The van der Waals surface area contributed by atoms with Crippen molar-refractivity contribution < 1.29 is 18.9 Å². The molecule has 12 rings (SSSR count). The summed E-state index contributed by atoms with van der Waals surface area (Å²) < 4.78 is 22.4. The van der Waals surface area contributed by atoms with Crippen LogP contribution in [0, 0.1) is 36.5 Å². The summed E-state index contributed by atoms with van der Waals surface area (Å²) in [7, 11) is 0. The number of morpholine rings is 4. The summed E-state index contributed by atoms with van der Waals surface area (Å²) in [6.07, 6.45) is 7.42. The van der Waals surface area contributed by atoms with E-state index in [-0.39, 0.29) is 0 Å². The van der Waals surface area contributed by atoms with Crippen LogP contribution in [0.3, 0.4) is 0 Å². The molecule has 8 aromatic rings. The van der Waals surface area contributed by atoms with Crippen LogP contribution in [0.1, 0.15) is 22.3 Å². The van der Waals surface area contributed by atoms with Gasteiger partial charge in [0.2, 0.25) is 0 Å². The number of hydrogen-bond acceptors (Lipinski definition) is 18. The molecule has 0 atom stereocenters. The Kier molecular flexibility index (Phi) is 15.0. The van der Waals surface area contributed by atoms with Crippen LogP contribution in [0.2, 0.25) is 0 Å². The fraction of sp³-hybridized carbons (Fsp3) is 0.310. The van der Waals surface area contributed by atoms with Crippen LogP contribution in [0.25, 0.3) is 44.6 Å². The van der Waals surface area contributed by atoms with E-state index in [0.717, 1.165) is 143 Å². The lowest BCUT2D eigenvalue weighted by Crippen LogP contribution is -2.38. The number of pyridine rings is 6. The minimum atomic E-state index is 0.524. The largest absolute Gasteiger partial charge is 0.378 e. The molecular formula is C58H58N14O4. The lowest BCUT2D eigenvalue weighted by Gasteiger charge is -2.32. The van der Waals surface area contributed by atoms with Gasteiger partial charge in [0, 0.05) is 86.7 Å². The maximum absolute atomic E-state index is 9.87. The molecule has 2 N–H and O–H groups in total. The number of anilines is 8. The van der Waals surface area contributed by atoms with Gasteiger partial charge in [0.05, 0.1) is 144 Å². The number of fused-ring (bicyclic) bond motifs is 2. The molecule has 0 bridgehead atoms. The van der Waals surface area contributed by atoms with Gasteiger partial charge in [-0.2, -0.15) is 10.5 Å². The molecule has 0 aliphatic carbocycles. The highest BCUT2D eigenvalue weighted by Gasteiger charge is 2.25. The van der Waals surface area contributed by atoms with Gasteiger partial charge in [-0.3, -0.25) is 9.97 Å². The normalized spacial score (nSPS) is 15.9. The Morgan fingerprint density at radius 1 is 0.461 bits per heavy atom. The molecule has 76 heavy (non-hydrogen) atoms. The molecule has 10 heterocycles. The second kappa shape index (κ2) is 22.9. The molecule has 18 heteroatoms. The Labute approximate surface area is 441 Å². The second-order valence-electron chi connectivity index (χ2n) is 18.8. The van der Waals surface area contributed by atoms with Gasteiger partial charge in [0.1, 0.15) is 12.1 Å². The van der Waals surface area contributed by atoms with E-state index in [1.165, 1.54) is 0 Å². The Bertz CT molecular complexity index is 3210. The van der Waals surface area contributed by atoms with Crippen molar-refractivity contribution >= 4 is 67.6 Å². The molecule has 0 amide bonds. The molecule has 6 aromatic heterocycles. The third-order valence-corrected chi connectivity index (χ3v) is 14.2. The summed E-state index contributed by atoms with van der Waals surface area (Å²) in [5.74, 6) is 1.76. The summed E-state index contributed by atoms with van der Waals surface area (Å²) >= 11 is 0. The van der Waals surface area contributed by atoms with Crippen molar-refractivity contribution in [2.24, 2.45) is 0 Å². The van der Waals surface area contributed by atoms with Crippen LogP contribution in [0.15, 0.2) is 110 Å². The van der Waals surface area contributed by atoms with Crippen molar-refractivity contribution in [2.45, 2.75) is 13.8 Å². The highest BCUT2D eigenvalue weighted by molar-refractivity contribution is 6.02. The average molecular weight is 1020 g/mol. The van der Waals surface area contributed by atoms with Crippen LogP contribution in [0.5, 0.6) is 0 Å². The number of rotatable bonds is 10. The number of hydrogen-bond donors (Lipinski definition) is 2. The van der Waals surface area contributed by atoms with Gasteiger partial charge in [-0.05, 0) is 62.4 Å².